The van der Waals surface area contributed by atoms with Crippen molar-refractivity contribution in [3.8, 4) is 5.88 Å². The van der Waals surface area contributed by atoms with Gasteiger partial charge in [0.25, 0.3) is 0 Å². The molecule has 0 fully saturated rings. The van der Waals surface area contributed by atoms with E-state index in [0.29, 0.717) is 5.88 Å². The van der Waals surface area contributed by atoms with Crippen molar-refractivity contribution in [3.63, 3.8) is 0 Å². The number of hydrogen-bond donors (Lipinski definition) is 0. The number of pyridine rings is 1. The van der Waals surface area contributed by atoms with E-state index in [4.69, 9.17) is 4.74 Å². The third kappa shape index (κ3) is 1.67. The Morgan fingerprint density at radius 1 is 1.64 bits per heavy atom. The topological polar surface area (TPSA) is 62.2 Å². The number of rotatable bonds is 2. The molecule has 0 N–H and O–H groups in total. The lowest BCUT2D eigenvalue weighted by Gasteiger charge is -2.01. The molecule has 0 aliphatic rings. The minimum Gasteiger partial charge on any atom is -0.545 e. The second kappa shape index (κ2) is 3.01. The summed E-state index contributed by atoms with van der Waals surface area (Å²) in [6.07, 6.45) is 1.19. The Labute approximate surface area is 63.5 Å². The minimum atomic E-state index is -1.24. The molecule has 1 heterocycles. The third-order valence-electron chi connectivity index (χ3n) is 1.18. The highest BCUT2D eigenvalue weighted by Gasteiger charge is 1.94. The number of nitrogens with zero attached hydrogens (tertiary/aromatic N) is 1. The molecule has 4 heteroatoms. The summed E-state index contributed by atoms with van der Waals surface area (Å²) in [5.41, 5.74) is 0.0470. The van der Waals surface area contributed by atoms with Gasteiger partial charge < -0.3 is 14.6 Å². The van der Waals surface area contributed by atoms with Gasteiger partial charge in [0.05, 0.1) is 13.1 Å². The van der Waals surface area contributed by atoms with E-state index in [1.807, 2.05) is 0 Å². The molecule has 1 rings (SSSR count). The van der Waals surface area contributed by atoms with Gasteiger partial charge in [-0.3, -0.25) is 0 Å². The van der Waals surface area contributed by atoms with Crippen LogP contribution in [0.1, 0.15) is 10.4 Å². The van der Waals surface area contributed by atoms with Gasteiger partial charge >= 0.3 is 0 Å². The summed E-state index contributed by atoms with van der Waals surface area (Å²) in [4.78, 5) is 13.9. The molecule has 4 nitrogen and oxygen atoms in total. The Bertz CT molecular complexity index is 255. The number of aromatic nitrogens is 1. The number of carbonyl (C=O) groups excluding carboxylic acids is 1. The first-order valence-electron chi connectivity index (χ1n) is 2.95. The van der Waals surface area contributed by atoms with Crippen LogP contribution < -0.4 is 9.84 Å². The number of carboxylic acid groups (broad SMARTS) is 1. The molecule has 0 bridgehead atoms. The molecule has 0 saturated heterocycles. The molecule has 0 amide bonds. The van der Waals surface area contributed by atoms with Crippen molar-refractivity contribution in [1.29, 1.82) is 0 Å². The molecule has 1 aromatic rings. The largest absolute Gasteiger partial charge is 0.545 e. The number of hydrogen-bond acceptors (Lipinski definition) is 4. The predicted octanol–water partition coefficient (Wildman–Crippen LogP) is -0.546. The average Bonchev–Trinajstić information content (AvgIpc) is 2.05. The molecule has 0 spiro atoms. The molecule has 0 aromatic carbocycles. The quantitative estimate of drug-likeness (QED) is 0.570. The van der Waals surface area contributed by atoms with E-state index in [-0.39, 0.29) is 5.56 Å². The van der Waals surface area contributed by atoms with Gasteiger partial charge in [-0.15, -0.1) is 0 Å². The molecule has 0 saturated carbocycles. The fourth-order valence-electron chi connectivity index (χ4n) is 0.622. The molecular formula is C7H6NO3-. The second-order valence-corrected chi connectivity index (χ2v) is 1.88. The van der Waals surface area contributed by atoms with E-state index < -0.39 is 5.97 Å². The highest BCUT2D eigenvalue weighted by molar-refractivity contribution is 5.85. The fraction of sp³-hybridized carbons (Fsp3) is 0.143. The van der Waals surface area contributed by atoms with Gasteiger partial charge in [-0.1, -0.05) is 0 Å². The van der Waals surface area contributed by atoms with Crippen molar-refractivity contribution in [1.82, 2.24) is 4.98 Å². The van der Waals surface area contributed by atoms with E-state index in [9.17, 15) is 9.90 Å². The average molecular weight is 152 g/mol. The van der Waals surface area contributed by atoms with Crippen molar-refractivity contribution in [2.24, 2.45) is 0 Å². The van der Waals surface area contributed by atoms with Crippen LogP contribution in [0.5, 0.6) is 5.88 Å². The summed E-state index contributed by atoms with van der Waals surface area (Å²) >= 11 is 0. The van der Waals surface area contributed by atoms with Crippen LogP contribution in [0.2, 0.25) is 0 Å². The smallest absolute Gasteiger partial charge is 0.212 e. The summed E-state index contributed by atoms with van der Waals surface area (Å²) in [6.45, 7) is 0. The zero-order valence-electron chi connectivity index (χ0n) is 5.90. The number of aromatic carboxylic acids is 1. The van der Waals surface area contributed by atoms with Crippen LogP contribution >= 0.6 is 0 Å². The fourth-order valence-corrected chi connectivity index (χ4v) is 0.622. The summed E-state index contributed by atoms with van der Waals surface area (Å²) in [6, 6.07) is 2.84. The lowest BCUT2D eigenvalue weighted by Crippen LogP contribution is -2.22. The molecule has 0 aliphatic carbocycles. The van der Waals surface area contributed by atoms with E-state index in [2.05, 4.69) is 4.98 Å². The monoisotopic (exact) mass is 152 g/mol. The van der Waals surface area contributed by atoms with Crippen molar-refractivity contribution in [2.45, 2.75) is 0 Å². The summed E-state index contributed by atoms with van der Waals surface area (Å²) in [5, 5.41) is 10.2. The molecule has 11 heavy (non-hydrogen) atoms. The zero-order chi connectivity index (χ0) is 8.27. The van der Waals surface area contributed by atoms with Gasteiger partial charge in [-0.25, -0.2) is 4.98 Å². The molecule has 0 atom stereocenters. The van der Waals surface area contributed by atoms with Gasteiger partial charge in [-0.2, -0.15) is 0 Å². The molecule has 1 aromatic heterocycles. The van der Waals surface area contributed by atoms with Crippen LogP contribution in [0.3, 0.4) is 0 Å². The van der Waals surface area contributed by atoms with Crippen LogP contribution in [0.25, 0.3) is 0 Å². The number of methoxy groups -OCH3 is 1. The van der Waals surface area contributed by atoms with Gasteiger partial charge in [0.15, 0.2) is 0 Å². The third-order valence-corrected chi connectivity index (χ3v) is 1.18. The first-order chi connectivity index (χ1) is 5.24. The maximum atomic E-state index is 10.2. The number of carbonyl (C=O) groups is 1. The number of carboxylic acids is 1. The maximum Gasteiger partial charge on any atom is 0.212 e. The van der Waals surface area contributed by atoms with Gasteiger partial charge in [-0.05, 0) is 6.07 Å². The maximum absolute atomic E-state index is 10.2. The Kier molecular flexibility index (Phi) is 2.06. The Morgan fingerprint density at radius 3 is 2.73 bits per heavy atom. The van der Waals surface area contributed by atoms with Crippen LogP contribution in [0.4, 0.5) is 0 Å². The Morgan fingerprint density at radius 2 is 2.36 bits per heavy atom. The lowest BCUT2D eigenvalue weighted by molar-refractivity contribution is -0.255. The van der Waals surface area contributed by atoms with Gasteiger partial charge in [0, 0.05) is 17.8 Å². The molecule has 0 unspecified atom stereocenters. The summed E-state index contributed by atoms with van der Waals surface area (Å²) < 4.78 is 4.72. The first-order valence-corrected chi connectivity index (χ1v) is 2.95. The van der Waals surface area contributed by atoms with Crippen LogP contribution in [0, 0.1) is 0 Å². The predicted molar refractivity (Wildman–Crippen MR) is 35.1 cm³/mol. The normalized spacial score (nSPS) is 9.18. The molecule has 58 valence electrons. The highest BCUT2D eigenvalue weighted by Crippen LogP contribution is 2.05. The standard InChI is InChI=1S/C7H7NO3/c1-11-6-3-2-5(4-8-6)7(9)10/h2-4H,1H3,(H,9,10)/p-1. The van der Waals surface area contributed by atoms with Crippen LogP contribution in [0.15, 0.2) is 18.3 Å². The lowest BCUT2D eigenvalue weighted by atomic mass is 10.3. The van der Waals surface area contributed by atoms with E-state index in [0.717, 1.165) is 0 Å². The summed E-state index contributed by atoms with van der Waals surface area (Å²) in [7, 11) is 1.46. The molecular weight excluding hydrogens is 146 g/mol. The number of ether oxygens (including phenoxy) is 1. The van der Waals surface area contributed by atoms with Crippen molar-refractivity contribution in [2.75, 3.05) is 7.11 Å². The van der Waals surface area contributed by atoms with E-state index >= 15 is 0 Å². The minimum absolute atomic E-state index is 0.0470. The van der Waals surface area contributed by atoms with Gasteiger partial charge in [0.2, 0.25) is 5.88 Å². The van der Waals surface area contributed by atoms with Crippen molar-refractivity contribution >= 4 is 5.97 Å². The molecule has 0 aliphatic heterocycles. The first kappa shape index (κ1) is 7.53. The Balaban J connectivity index is 2.91. The van der Waals surface area contributed by atoms with E-state index in [1.165, 1.54) is 25.4 Å². The van der Waals surface area contributed by atoms with Crippen LogP contribution in [-0.2, 0) is 0 Å². The highest BCUT2D eigenvalue weighted by atomic mass is 16.5. The second-order valence-electron chi connectivity index (χ2n) is 1.88. The van der Waals surface area contributed by atoms with Crippen molar-refractivity contribution in [3.05, 3.63) is 23.9 Å². The zero-order valence-corrected chi connectivity index (χ0v) is 5.90. The van der Waals surface area contributed by atoms with E-state index in [1.54, 1.807) is 0 Å². The SMILES string of the molecule is COc1ccc(C(=O)[O-])cn1. The summed E-state index contributed by atoms with van der Waals surface area (Å²) in [5.74, 6) is -0.852. The van der Waals surface area contributed by atoms with Gasteiger partial charge in [0.1, 0.15) is 0 Å². The van der Waals surface area contributed by atoms with Crippen molar-refractivity contribution < 1.29 is 14.6 Å². The molecule has 0 radical (unpaired) electrons. The Hall–Kier alpha value is -1.58. The van der Waals surface area contributed by atoms with Crippen LogP contribution in [-0.4, -0.2) is 18.1 Å².